The van der Waals surface area contributed by atoms with Crippen molar-refractivity contribution in [1.29, 1.82) is 0 Å². The molecule has 62 valence electrons. The average molecular weight is 145 g/mol. The van der Waals surface area contributed by atoms with E-state index in [1.807, 2.05) is 13.8 Å². The van der Waals surface area contributed by atoms with E-state index < -0.39 is 0 Å². The Labute approximate surface area is 63.8 Å². The Bertz CT molecular complexity index is 75.7. The molecule has 0 radical (unpaired) electrons. The molecule has 1 saturated heterocycles. The number of nitrogens with zero attached hydrogens (tertiary/aromatic N) is 1. The van der Waals surface area contributed by atoms with Gasteiger partial charge in [0.25, 0.3) is 0 Å². The lowest BCUT2D eigenvalue weighted by Gasteiger charge is -2.15. The minimum atomic E-state index is 0.330. The van der Waals surface area contributed by atoms with Crippen LogP contribution in [-0.2, 0) is 0 Å². The summed E-state index contributed by atoms with van der Waals surface area (Å²) < 4.78 is 0. The van der Waals surface area contributed by atoms with Gasteiger partial charge >= 0.3 is 0 Å². The first kappa shape index (κ1) is 9.92. The van der Waals surface area contributed by atoms with Crippen molar-refractivity contribution in [3.8, 4) is 0 Å². The molecule has 0 aromatic heterocycles. The van der Waals surface area contributed by atoms with Gasteiger partial charge in [0.1, 0.15) is 0 Å². The largest absolute Gasteiger partial charge is 0.395 e. The van der Waals surface area contributed by atoms with Crippen LogP contribution in [0.2, 0.25) is 0 Å². The maximum Gasteiger partial charge on any atom is 0.0586 e. The van der Waals surface area contributed by atoms with Gasteiger partial charge in [0.15, 0.2) is 0 Å². The summed E-state index contributed by atoms with van der Waals surface area (Å²) in [4.78, 5) is 2.21. The van der Waals surface area contributed by atoms with Gasteiger partial charge in [0.2, 0.25) is 0 Å². The maximum absolute atomic E-state index is 8.69. The highest BCUT2D eigenvalue weighted by Crippen LogP contribution is 2.12. The second kappa shape index (κ2) is 5.69. The van der Waals surface area contributed by atoms with E-state index in [0.29, 0.717) is 12.6 Å². The highest BCUT2D eigenvalue weighted by molar-refractivity contribution is 4.74. The third-order valence-electron chi connectivity index (χ3n) is 1.88. The first-order valence-electron chi connectivity index (χ1n) is 4.15. The quantitative estimate of drug-likeness (QED) is 0.597. The van der Waals surface area contributed by atoms with Crippen molar-refractivity contribution in [2.24, 2.45) is 0 Å². The van der Waals surface area contributed by atoms with E-state index in [9.17, 15) is 0 Å². The first-order chi connectivity index (χ1) is 4.84. The summed E-state index contributed by atoms with van der Waals surface area (Å²) in [5.41, 5.74) is 0. The third kappa shape index (κ3) is 2.67. The number of aliphatic hydroxyl groups is 1. The summed E-state index contributed by atoms with van der Waals surface area (Å²) >= 11 is 0. The van der Waals surface area contributed by atoms with Crippen LogP contribution in [0.1, 0.15) is 26.7 Å². The smallest absolute Gasteiger partial charge is 0.0586 e. The molecule has 0 bridgehead atoms. The summed E-state index contributed by atoms with van der Waals surface area (Å²) in [6, 6.07) is 0.454. The molecule has 0 aliphatic carbocycles. The van der Waals surface area contributed by atoms with Gasteiger partial charge in [-0.25, -0.2) is 0 Å². The van der Waals surface area contributed by atoms with Crippen molar-refractivity contribution in [3.63, 3.8) is 0 Å². The van der Waals surface area contributed by atoms with E-state index in [1.54, 1.807) is 0 Å². The van der Waals surface area contributed by atoms with Gasteiger partial charge in [-0.05, 0) is 26.4 Å². The van der Waals surface area contributed by atoms with Gasteiger partial charge in [-0.2, -0.15) is 0 Å². The van der Waals surface area contributed by atoms with Gasteiger partial charge in [-0.3, -0.25) is 0 Å². The molecule has 1 atom stereocenters. The minimum absolute atomic E-state index is 0.330. The van der Waals surface area contributed by atoms with Crippen LogP contribution < -0.4 is 0 Å². The number of hydrogen-bond acceptors (Lipinski definition) is 2. The number of likely N-dealkylation sites (tertiary alicyclic amines) is 1. The van der Waals surface area contributed by atoms with Crippen LogP contribution in [0.15, 0.2) is 0 Å². The van der Waals surface area contributed by atoms with Crippen LogP contribution in [0.3, 0.4) is 0 Å². The van der Waals surface area contributed by atoms with Gasteiger partial charge in [-0.1, -0.05) is 13.8 Å². The van der Waals surface area contributed by atoms with Crippen molar-refractivity contribution in [3.05, 3.63) is 0 Å². The summed E-state index contributed by atoms with van der Waals surface area (Å²) in [7, 11) is 2.06. The molecular formula is C8H19NO. The average Bonchev–Trinajstić information content (AvgIpc) is 2.39. The van der Waals surface area contributed by atoms with E-state index in [-0.39, 0.29) is 0 Å². The fraction of sp³-hybridized carbons (Fsp3) is 1.00. The highest BCUT2D eigenvalue weighted by Gasteiger charge is 2.18. The Kier molecular flexibility index (Phi) is 5.64. The van der Waals surface area contributed by atoms with E-state index in [0.717, 1.165) is 6.54 Å². The molecule has 0 aromatic carbocycles. The van der Waals surface area contributed by atoms with E-state index in [1.165, 1.54) is 12.8 Å². The molecule has 1 N–H and O–H groups in total. The molecule has 10 heavy (non-hydrogen) atoms. The van der Waals surface area contributed by atoms with E-state index >= 15 is 0 Å². The van der Waals surface area contributed by atoms with Gasteiger partial charge in [0.05, 0.1) is 6.61 Å². The topological polar surface area (TPSA) is 23.5 Å². The molecule has 2 heteroatoms. The Balaban J connectivity index is 0.000000371. The number of hydrogen-bond donors (Lipinski definition) is 1. The van der Waals surface area contributed by atoms with Crippen LogP contribution in [0.25, 0.3) is 0 Å². The van der Waals surface area contributed by atoms with Crippen molar-refractivity contribution in [2.45, 2.75) is 32.7 Å². The summed E-state index contributed by atoms with van der Waals surface area (Å²) in [6.45, 7) is 5.49. The molecule has 0 saturated carbocycles. The molecule has 2 nitrogen and oxygen atoms in total. The van der Waals surface area contributed by atoms with Gasteiger partial charge < -0.3 is 10.0 Å². The SMILES string of the molecule is CC.CN1CCC[C@H]1CO. The Hall–Kier alpha value is -0.0800. The summed E-state index contributed by atoms with van der Waals surface area (Å²) in [6.07, 6.45) is 2.43. The molecule has 0 unspecified atom stereocenters. The Morgan fingerprint density at radius 1 is 1.50 bits per heavy atom. The zero-order valence-corrected chi connectivity index (χ0v) is 7.30. The molecule has 0 spiro atoms. The molecule has 1 aliphatic heterocycles. The second-order valence-corrected chi connectivity index (χ2v) is 2.46. The number of rotatable bonds is 1. The van der Waals surface area contributed by atoms with Gasteiger partial charge in [-0.15, -0.1) is 0 Å². The highest BCUT2D eigenvalue weighted by atomic mass is 16.3. The van der Waals surface area contributed by atoms with Crippen molar-refractivity contribution >= 4 is 0 Å². The van der Waals surface area contributed by atoms with Crippen molar-refractivity contribution in [1.82, 2.24) is 4.90 Å². The van der Waals surface area contributed by atoms with Gasteiger partial charge in [0, 0.05) is 6.04 Å². The molecule has 0 aromatic rings. The predicted molar refractivity (Wildman–Crippen MR) is 44.1 cm³/mol. The monoisotopic (exact) mass is 145 g/mol. The molecule has 1 aliphatic rings. The summed E-state index contributed by atoms with van der Waals surface area (Å²) in [5.74, 6) is 0. The van der Waals surface area contributed by atoms with Crippen LogP contribution in [0.4, 0.5) is 0 Å². The number of aliphatic hydroxyl groups excluding tert-OH is 1. The standard InChI is InChI=1S/C6H13NO.C2H6/c1-7-4-2-3-6(7)5-8;1-2/h6,8H,2-5H2,1H3;1-2H3/t6-;/m0./s1. The lowest BCUT2D eigenvalue weighted by atomic mass is 10.2. The molecule has 0 amide bonds. The van der Waals surface area contributed by atoms with E-state index in [4.69, 9.17) is 5.11 Å². The van der Waals surface area contributed by atoms with E-state index in [2.05, 4.69) is 11.9 Å². The maximum atomic E-state index is 8.69. The summed E-state index contributed by atoms with van der Waals surface area (Å²) in [5, 5.41) is 8.69. The van der Waals surface area contributed by atoms with Crippen LogP contribution in [0.5, 0.6) is 0 Å². The molecule has 1 rings (SSSR count). The van der Waals surface area contributed by atoms with Crippen molar-refractivity contribution < 1.29 is 5.11 Å². The minimum Gasteiger partial charge on any atom is -0.395 e. The van der Waals surface area contributed by atoms with Crippen molar-refractivity contribution in [2.75, 3.05) is 20.2 Å². The lowest BCUT2D eigenvalue weighted by molar-refractivity contribution is 0.182. The normalized spacial score (nSPS) is 25.8. The Morgan fingerprint density at radius 2 is 2.10 bits per heavy atom. The Morgan fingerprint density at radius 3 is 2.30 bits per heavy atom. The van der Waals surface area contributed by atoms with Crippen LogP contribution >= 0.6 is 0 Å². The lowest BCUT2D eigenvalue weighted by Crippen LogP contribution is -2.27. The fourth-order valence-corrected chi connectivity index (χ4v) is 1.21. The zero-order chi connectivity index (χ0) is 7.98. The third-order valence-corrected chi connectivity index (χ3v) is 1.88. The van der Waals surface area contributed by atoms with Crippen LogP contribution in [-0.4, -0.2) is 36.2 Å². The first-order valence-corrected chi connectivity index (χ1v) is 4.15. The molecule has 1 heterocycles. The predicted octanol–water partition coefficient (Wildman–Crippen LogP) is 1.10. The fourth-order valence-electron chi connectivity index (χ4n) is 1.21. The van der Waals surface area contributed by atoms with Crippen LogP contribution in [0, 0.1) is 0 Å². The number of likely N-dealkylation sites (N-methyl/N-ethyl adjacent to an activating group) is 1. The molecular weight excluding hydrogens is 126 g/mol. The molecule has 1 fully saturated rings. The zero-order valence-electron chi connectivity index (χ0n) is 7.30. The second-order valence-electron chi connectivity index (χ2n) is 2.46.